The van der Waals surface area contributed by atoms with Gasteiger partial charge in [0.2, 0.25) is 0 Å². The molecule has 0 bridgehead atoms. The number of hydrogen-bond acceptors (Lipinski definition) is 2. The molecule has 0 aromatic rings. The van der Waals surface area contributed by atoms with Crippen molar-refractivity contribution in [2.45, 2.75) is 37.2 Å². The van der Waals surface area contributed by atoms with Crippen molar-refractivity contribution >= 4 is 21.6 Å². The Hall–Kier alpha value is 0.700. The van der Waals surface area contributed by atoms with Gasteiger partial charge in [-0.25, -0.2) is 0 Å². The van der Waals surface area contributed by atoms with E-state index in [2.05, 4.69) is 20.8 Å². The average molecular weight is 148 g/mol. The van der Waals surface area contributed by atoms with Crippen LogP contribution in [0.4, 0.5) is 0 Å². The third kappa shape index (κ3) is 1.59. The summed E-state index contributed by atoms with van der Waals surface area (Å²) in [5, 5.41) is 0.870. The maximum Gasteiger partial charge on any atom is 0.0218 e. The molecule has 1 heterocycles. The second kappa shape index (κ2) is 2.14. The lowest BCUT2D eigenvalue weighted by Crippen LogP contribution is -2.10. The van der Waals surface area contributed by atoms with E-state index in [0.29, 0.717) is 4.75 Å². The van der Waals surface area contributed by atoms with E-state index in [1.54, 1.807) is 0 Å². The van der Waals surface area contributed by atoms with Crippen molar-refractivity contribution in [2.75, 3.05) is 0 Å². The predicted octanol–water partition coefficient (Wildman–Crippen LogP) is 2.94. The summed E-state index contributed by atoms with van der Waals surface area (Å²) < 4.78 is 0.546. The molecule has 0 aromatic heterocycles. The van der Waals surface area contributed by atoms with Gasteiger partial charge in [0.1, 0.15) is 0 Å². The van der Waals surface area contributed by atoms with Gasteiger partial charge in [0.25, 0.3) is 0 Å². The van der Waals surface area contributed by atoms with Crippen LogP contribution in [0.5, 0.6) is 0 Å². The molecule has 48 valence electrons. The van der Waals surface area contributed by atoms with Crippen molar-refractivity contribution in [3.05, 3.63) is 0 Å². The van der Waals surface area contributed by atoms with Crippen LogP contribution in [0, 0.1) is 0 Å². The monoisotopic (exact) mass is 148 g/mol. The van der Waals surface area contributed by atoms with E-state index in [4.69, 9.17) is 0 Å². The highest BCUT2D eigenvalue weighted by molar-refractivity contribution is 8.77. The Kier molecular flexibility index (Phi) is 1.83. The quantitative estimate of drug-likeness (QED) is 0.484. The van der Waals surface area contributed by atoms with Crippen LogP contribution in [0.15, 0.2) is 0 Å². The van der Waals surface area contributed by atoms with Crippen molar-refractivity contribution in [3.8, 4) is 0 Å². The fourth-order valence-corrected chi connectivity index (χ4v) is 3.99. The first-order chi connectivity index (χ1) is 3.60. The van der Waals surface area contributed by atoms with Gasteiger partial charge in [-0.3, -0.25) is 0 Å². The van der Waals surface area contributed by atoms with E-state index in [9.17, 15) is 0 Å². The second-order valence-corrected chi connectivity index (χ2v) is 6.30. The fraction of sp³-hybridized carbons (Fsp3) is 1.00. The molecule has 0 nitrogen and oxygen atoms in total. The highest BCUT2D eigenvalue weighted by Gasteiger charge is 2.29. The molecule has 0 amide bonds. The van der Waals surface area contributed by atoms with Crippen molar-refractivity contribution in [1.29, 1.82) is 0 Å². The summed E-state index contributed by atoms with van der Waals surface area (Å²) in [5.74, 6) is 0. The average Bonchev–Trinajstić information content (AvgIpc) is 1.82. The summed E-state index contributed by atoms with van der Waals surface area (Å²) in [6.45, 7) is 6.93. The Morgan fingerprint density at radius 1 is 1.50 bits per heavy atom. The highest BCUT2D eigenvalue weighted by Crippen LogP contribution is 2.50. The van der Waals surface area contributed by atoms with Crippen LogP contribution in [0.3, 0.4) is 0 Å². The zero-order chi connectivity index (χ0) is 6.20. The molecule has 0 spiro atoms. The predicted molar refractivity (Wildman–Crippen MR) is 43.3 cm³/mol. The molecule has 1 fully saturated rings. The molecule has 1 atom stereocenters. The summed E-state index contributed by atoms with van der Waals surface area (Å²) >= 11 is 0. The molecule has 1 rings (SSSR count). The maximum absolute atomic E-state index is 2.31. The molecule has 0 N–H and O–H groups in total. The molecule has 1 aliphatic heterocycles. The van der Waals surface area contributed by atoms with E-state index in [1.165, 1.54) is 6.42 Å². The molecule has 1 unspecified atom stereocenters. The smallest absolute Gasteiger partial charge is 0.0218 e. The van der Waals surface area contributed by atoms with Crippen LogP contribution in [-0.4, -0.2) is 10.00 Å². The van der Waals surface area contributed by atoms with E-state index in [1.807, 2.05) is 21.6 Å². The SMILES string of the molecule is CC1CC(C)(C)SS1. The van der Waals surface area contributed by atoms with Gasteiger partial charge >= 0.3 is 0 Å². The van der Waals surface area contributed by atoms with E-state index >= 15 is 0 Å². The second-order valence-electron chi connectivity index (χ2n) is 2.95. The lowest BCUT2D eigenvalue weighted by atomic mass is 10.1. The van der Waals surface area contributed by atoms with Gasteiger partial charge in [0.05, 0.1) is 0 Å². The van der Waals surface area contributed by atoms with E-state index in [-0.39, 0.29) is 0 Å². The molecule has 1 aliphatic rings. The zero-order valence-corrected chi connectivity index (χ0v) is 7.23. The zero-order valence-electron chi connectivity index (χ0n) is 5.60. The standard InChI is InChI=1S/C6H12S2/c1-5-4-6(2,3)8-7-5/h5H,4H2,1-3H3. The summed E-state index contributed by atoms with van der Waals surface area (Å²) in [6, 6.07) is 0. The van der Waals surface area contributed by atoms with E-state index < -0.39 is 0 Å². The lowest BCUT2D eigenvalue weighted by Gasteiger charge is -2.12. The first-order valence-corrected chi connectivity index (χ1v) is 5.16. The minimum atomic E-state index is 0.546. The van der Waals surface area contributed by atoms with Crippen molar-refractivity contribution in [1.82, 2.24) is 0 Å². The molecule has 0 aromatic carbocycles. The van der Waals surface area contributed by atoms with Gasteiger partial charge in [0.15, 0.2) is 0 Å². The third-order valence-corrected chi connectivity index (χ3v) is 5.05. The van der Waals surface area contributed by atoms with Crippen LogP contribution < -0.4 is 0 Å². The van der Waals surface area contributed by atoms with Crippen molar-refractivity contribution in [2.24, 2.45) is 0 Å². The molecule has 0 saturated carbocycles. The largest absolute Gasteiger partial charge is 0.0904 e. The van der Waals surface area contributed by atoms with E-state index in [0.717, 1.165) is 5.25 Å². The first-order valence-electron chi connectivity index (χ1n) is 2.95. The van der Waals surface area contributed by atoms with Crippen LogP contribution in [0.2, 0.25) is 0 Å². The van der Waals surface area contributed by atoms with Gasteiger partial charge in [-0.1, -0.05) is 28.5 Å². The Morgan fingerprint density at radius 3 is 2.25 bits per heavy atom. The molecule has 0 radical (unpaired) electrons. The van der Waals surface area contributed by atoms with Gasteiger partial charge in [-0.15, -0.1) is 0 Å². The van der Waals surface area contributed by atoms with Crippen LogP contribution in [0.1, 0.15) is 27.2 Å². The van der Waals surface area contributed by atoms with Crippen molar-refractivity contribution in [3.63, 3.8) is 0 Å². The number of rotatable bonds is 0. The fourth-order valence-electron chi connectivity index (χ4n) is 0.973. The molecule has 0 aliphatic carbocycles. The van der Waals surface area contributed by atoms with Gasteiger partial charge < -0.3 is 0 Å². The van der Waals surface area contributed by atoms with Gasteiger partial charge in [-0.2, -0.15) is 0 Å². The third-order valence-electron chi connectivity index (χ3n) is 1.22. The molecule has 2 heteroatoms. The Morgan fingerprint density at radius 2 is 2.12 bits per heavy atom. The number of hydrogen-bond donors (Lipinski definition) is 0. The van der Waals surface area contributed by atoms with Crippen LogP contribution in [-0.2, 0) is 0 Å². The topological polar surface area (TPSA) is 0 Å². The highest BCUT2D eigenvalue weighted by atomic mass is 33.1. The van der Waals surface area contributed by atoms with Crippen molar-refractivity contribution < 1.29 is 0 Å². The molecular weight excluding hydrogens is 136 g/mol. The molecule has 8 heavy (non-hydrogen) atoms. The minimum absolute atomic E-state index is 0.546. The summed E-state index contributed by atoms with van der Waals surface area (Å²) in [7, 11) is 4.05. The maximum atomic E-state index is 2.31. The van der Waals surface area contributed by atoms with Gasteiger partial charge in [0, 0.05) is 10.00 Å². The molecule has 1 saturated heterocycles. The first kappa shape index (κ1) is 6.81. The van der Waals surface area contributed by atoms with Crippen LogP contribution in [0.25, 0.3) is 0 Å². The Labute approximate surface area is 59.2 Å². The summed E-state index contributed by atoms with van der Waals surface area (Å²) in [6.07, 6.45) is 1.36. The lowest BCUT2D eigenvalue weighted by molar-refractivity contribution is 0.651. The van der Waals surface area contributed by atoms with Crippen LogP contribution >= 0.6 is 21.6 Å². The van der Waals surface area contributed by atoms with Gasteiger partial charge in [-0.05, 0) is 20.3 Å². The normalized spacial score (nSPS) is 35.6. The summed E-state index contributed by atoms with van der Waals surface area (Å²) in [4.78, 5) is 0. The Bertz CT molecular complexity index is 88.5. The molecular formula is C6H12S2. The summed E-state index contributed by atoms with van der Waals surface area (Å²) in [5.41, 5.74) is 0. The minimum Gasteiger partial charge on any atom is -0.0904 e. The Balaban J connectivity index is 2.44.